The maximum atomic E-state index is 13.7. The molecular weight excluding hydrogens is 261 g/mol. The number of benzene rings is 1. The molecule has 20 heavy (non-hydrogen) atoms. The summed E-state index contributed by atoms with van der Waals surface area (Å²) >= 11 is 0. The summed E-state index contributed by atoms with van der Waals surface area (Å²) in [5, 5.41) is 3.83. The number of anilines is 1. The summed E-state index contributed by atoms with van der Waals surface area (Å²) in [6, 6.07) is 3.94. The number of carbonyl (C=O) groups excluding carboxylic acids is 1. The smallest absolute Gasteiger partial charge is 0.256 e. The van der Waals surface area contributed by atoms with E-state index in [0.717, 1.165) is 11.3 Å². The van der Waals surface area contributed by atoms with Crippen LogP contribution in [-0.4, -0.2) is 23.0 Å². The lowest BCUT2D eigenvalue weighted by atomic mass is 10.1. The van der Waals surface area contributed by atoms with Crippen LogP contribution < -0.4 is 5.73 Å². The summed E-state index contributed by atoms with van der Waals surface area (Å²) in [5.74, 6) is -0.375. The van der Waals surface area contributed by atoms with Crippen LogP contribution in [0.15, 0.2) is 22.7 Å². The van der Waals surface area contributed by atoms with E-state index in [9.17, 15) is 9.18 Å². The highest BCUT2D eigenvalue weighted by Gasteiger charge is 2.19. The van der Waals surface area contributed by atoms with E-state index < -0.39 is 11.7 Å². The standard InChI is InChI=1S/C14H16FN3O2/c1-8-12(9(2)20-17-8)7-18(3)14(19)11-6-10(16)4-5-13(11)15/h4-6H,7,16H2,1-3H3. The number of rotatable bonds is 3. The lowest BCUT2D eigenvalue weighted by molar-refractivity contribution is 0.0780. The maximum absolute atomic E-state index is 13.7. The number of hydrogen-bond acceptors (Lipinski definition) is 4. The van der Waals surface area contributed by atoms with Crippen LogP contribution in [0, 0.1) is 19.7 Å². The fourth-order valence-corrected chi connectivity index (χ4v) is 1.95. The number of nitrogen functional groups attached to an aromatic ring is 1. The molecule has 1 amide bonds. The van der Waals surface area contributed by atoms with Crippen LogP contribution in [0.2, 0.25) is 0 Å². The van der Waals surface area contributed by atoms with Gasteiger partial charge in [0.2, 0.25) is 0 Å². The number of nitrogens with two attached hydrogens (primary N) is 1. The number of carbonyl (C=O) groups is 1. The van der Waals surface area contributed by atoms with Gasteiger partial charge in [-0.3, -0.25) is 4.79 Å². The number of hydrogen-bond donors (Lipinski definition) is 1. The quantitative estimate of drug-likeness (QED) is 0.874. The van der Waals surface area contributed by atoms with E-state index in [1.807, 2.05) is 0 Å². The molecule has 0 aliphatic rings. The van der Waals surface area contributed by atoms with Crippen molar-refractivity contribution in [2.75, 3.05) is 12.8 Å². The van der Waals surface area contributed by atoms with Gasteiger partial charge in [-0.1, -0.05) is 5.16 Å². The van der Waals surface area contributed by atoms with Gasteiger partial charge in [-0.05, 0) is 32.0 Å². The first-order valence-corrected chi connectivity index (χ1v) is 6.12. The van der Waals surface area contributed by atoms with Gasteiger partial charge < -0.3 is 15.2 Å². The van der Waals surface area contributed by atoms with Crippen LogP contribution in [0.3, 0.4) is 0 Å². The molecule has 2 aromatic rings. The molecule has 0 saturated carbocycles. The zero-order valence-electron chi connectivity index (χ0n) is 11.6. The minimum absolute atomic E-state index is 0.0424. The van der Waals surface area contributed by atoms with Crippen molar-refractivity contribution in [1.29, 1.82) is 0 Å². The molecule has 6 heteroatoms. The minimum Gasteiger partial charge on any atom is -0.399 e. The van der Waals surface area contributed by atoms with Crippen LogP contribution in [0.25, 0.3) is 0 Å². The molecule has 0 fully saturated rings. The number of halogens is 1. The average molecular weight is 277 g/mol. The van der Waals surface area contributed by atoms with Gasteiger partial charge in [-0.2, -0.15) is 0 Å². The Morgan fingerprint density at radius 3 is 2.75 bits per heavy atom. The van der Waals surface area contributed by atoms with Crippen LogP contribution in [0.1, 0.15) is 27.4 Å². The number of aryl methyl sites for hydroxylation is 2. The van der Waals surface area contributed by atoms with Crippen LogP contribution in [0.5, 0.6) is 0 Å². The normalized spacial score (nSPS) is 10.6. The first-order valence-electron chi connectivity index (χ1n) is 6.12. The second kappa shape index (κ2) is 5.32. The van der Waals surface area contributed by atoms with Crippen molar-refractivity contribution < 1.29 is 13.7 Å². The van der Waals surface area contributed by atoms with Gasteiger partial charge in [-0.15, -0.1) is 0 Å². The second-order valence-electron chi connectivity index (χ2n) is 4.70. The predicted octanol–water partition coefficient (Wildman–Crippen LogP) is 2.28. The first-order chi connectivity index (χ1) is 9.40. The third-order valence-electron chi connectivity index (χ3n) is 3.14. The van der Waals surface area contributed by atoms with E-state index in [2.05, 4.69) is 5.16 Å². The Bertz CT molecular complexity index is 632. The highest BCUT2D eigenvalue weighted by atomic mass is 19.1. The summed E-state index contributed by atoms with van der Waals surface area (Å²) in [4.78, 5) is 13.7. The monoisotopic (exact) mass is 277 g/mol. The summed E-state index contributed by atoms with van der Waals surface area (Å²) in [6.07, 6.45) is 0. The third-order valence-corrected chi connectivity index (χ3v) is 3.14. The van der Waals surface area contributed by atoms with Crippen molar-refractivity contribution >= 4 is 11.6 Å². The lowest BCUT2D eigenvalue weighted by Crippen LogP contribution is -2.27. The van der Waals surface area contributed by atoms with E-state index in [1.54, 1.807) is 20.9 Å². The Hall–Kier alpha value is -2.37. The molecular formula is C14H16FN3O2. The Morgan fingerprint density at radius 1 is 1.45 bits per heavy atom. The molecule has 106 valence electrons. The number of aromatic nitrogens is 1. The van der Waals surface area contributed by atoms with Crippen molar-refractivity contribution in [3.8, 4) is 0 Å². The molecule has 0 radical (unpaired) electrons. The van der Waals surface area contributed by atoms with E-state index in [-0.39, 0.29) is 5.56 Å². The highest BCUT2D eigenvalue weighted by molar-refractivity contribution is 5.95. The second-order valence-corrected chi connectivity index (χ2v) is 4.70. The molecule has 5 nitrogen and oxygen atoms in total. The number of nitrogens with zero attached hydrogens (tertiary/aromatic N) is 2. The summed E-state index contributed by atoms with van der Waals surface area (Å²) in [5.41, 5.74) is 7.43. The first kappa shape index (κ1) is 14.0. The largest absolute Gasteiger partial charge is 0.399 e. The van der Waals surface area contributed by atoms with Gasteiger partial charge in [-0.25, -0.2) is 4.39 Å². The zero-order chi connectivity index (χ0) is 14.9. The Kier molecular flexibility index (Phi) is 3.74. The molecule has 0 saturated heterocycles. The average Bonchev–Trinajstić information content (AvgIpc) is 2.72. The molecule has 0 aliphatic carbocycles. The summed E-state index contributed by atoms with van der Waals surface area (Å²) in [6.45, 7) is 3.87. The number of amides is 1. The SMILES string of the molecule is Cc1noc(C)c1CN(C)C(=O)c1cc(N)ccc1F. The maximum Gasteiger partial charge on any atom is 0.256 e. The van der Waals surface area contributed by atoms with Crippen molar-refractivity contribution in [3.05, 3.63) is 46.6 Å². The van der Waals surface area contributed by atoms with Crippen molar-refractivity contribution in [2.45, 2.75) is 20.4 Å². The van der Waals surface area contributed by atoms with Crippen LogP contribution in [-0.2, 0) is 6.54 Å². The molecule has 2 rings (SSSR count). The van der Waals surface area contributed by atoms with E-state index in [1.165, 1.54) is 23.1 Å². The fourth-order valence-electron chi connectivity index (χ4n) is 1.95. The Balaban J connectivity index is 2.23. The molecule has 0 spiro atoms. The third kappa shape index (κ3) is 2.64. The fraction of sp³-hybridized carbons (Fsp3) is 0.286. The van der Waals surface area contributed by atoms with Gasteiger partial charge in [0.1, 0.15) is 11.6 Å². The molecule has 0 bridgehead atoms. The van der Waals surface area contributed by atoms with Crippen molar-refractivity contribution in [1.82, 2.24) is 10.1 Å². The molecule has 0 atom stereocenters. The van der Waals surface area contributed by atoms with E-state index in [4.69, 9.17) is 10.3 Å². The Labute approximate surface area is 116 Å². The molecule has 1 heterocycles. The van der Waals surface area contributed by atoms with Gasteiger partial charge >= 0.3 is 0 Å². The van der Waals surface area contributed by atoms with Gasteiger partial charge in [0.05, 0.1) is 17.8 Å². The van der Waals surface area contributed by atoms with Gasteiger partial charge in [0.25, 0.3) is 5.91 Å². The zero-order valence-corrected chi connectivity index (χ0v) is 11.6. The van der Waals surface area contributed by atoms with Gasteiger partial charge in [0.15, 0.2) is 0 Å². The summed E-state index contributed by atoms with van der Waals surface area (Å²) in [7, 11) is 1.59. The minimum atomic E-state index is -0.588. The van der Waals surface area contributed by atoms with Crippen molar-refractivity contribution in [3.63, 3.8) is 0 Å². The van der Waals surface area contributed by atoms with E-state index >= 15 is 0 Å². The molecule has 0 unspecified atom stereocenters. The molecule has 0 aliphatic heterocycles. The molecule has 1 aromatic heterocycles. The van der Waals surface area contributed by atoms with Gasteiger partial charge in [0, 0.05) is 18.3 Å². The Morgan fingerprint density at radius 2 is 2.15 bits per heavy atom. The summed E-state index contributed by atoms with van der Waals surface area (Å²) < 4.78 is 18.7. The highest BCUT2D eigenvalue weighted by Crippen LogP contribution is 2.18. The predicted molar refractivity (Wildman–Crippen MR) is 72.6 cm³/mol. The van der Waals surface area contributed by atoms with Crippen molar-refractivity contribution in [2.24, 2.45) is 0 Å². The topological polar surface area (TPSA) is 72.4 Å². The van der Waals surface area contributed by atoms with E-state index in [0.29, 0.717) is 18.0 Å². The lowest BCUT2D eigenvalue weighted by Gasteiger charge is -2.17. The van der Waals surface area contributed by atoms with Crippen LogP contribution >= 0.6 is 0 Å². The molecule has 1 aromatic carbocycles. The van der Waals surface area contributed by atoms with Crippen LogP contribution in [0.4, 0.5) is 10.1 Å². The molecule has 2 N–H and O–H groups in total.